The average Bonchev–Trinajstić information content (AvgIpc) is 2.01. The lowest BCUT2D eigenvalue weighted by molar-refractivity contribution is -0.116. The van der Waals surface area contributed by atoms with Crippen molar-refractivity contribution in [3.05, 3.63) is 12.2 Å². The minimum Gasteiger partial charge on any atom is -0.295 e. The lowest BCUT2D eigenvalue weighted by atomic mass is 10.1. The number of terminal acetylenes is 1. The van der Waals surface area contributed by atoms with Crippen molar-refractivity contribution in [1.82, 2.24) is 0 Å². The first-order valence-electron chi connectivity index (χ1n) is 3.81. The summed E-state index contributed by atoms with van der Waals surface area (Å²) in [5, 5.41) is 0. The van der Waals surface area contributed by atoms with Crippen molar-refractivity contribution in [2.45, 2.75) is 26.2 Å². The SMILES string of the molecule is C#CCCCC(=O)/C=C/C(C)=O. The molecule has 0 saturated carbocycles. The van der Waals surface area contributed by atoms with Gasteiger partial charge in [-0.25, -0.2) is 0 Å². The van der Waals surface area contributed by atoms with E-state index in [1.165, 1.54) is 19.1 Å². The molecule has 0 radical (unpaired) electrons. The highest BCUT2D eigenvalue weighted by Crippen LogP contribution is 1.95. The van der Waals surface area contributed by atoms with Crippen LogP contribution >= 0.6 is 0 Å². The Morgan fingerprint density at radius 3 is 2.58 bits per heavy atom. The molecule has 2 heteroatoms. The Morgan fingerprint density at radius 1 is 1.42 bits per heavy atom. The Morgan fingerprint density at radius 2 is 2.08 bits per heavy atom. The Balaban J connectivity index is 3.61. The van der Waals surface area contributed by atoms with Gasteiger partial charge in [0.2, 0.25) is 0 Å². The van der Waals surface area contributed by atoms with Crippen LogP contribution in [0.2, 0.25) is 0 Å². The van der Waals surface area contributed by atoms with Crippen LogP contribution in [-0.4, -0.2) is 11.6 Å². The summed E-state index contributed by atoms with van der Waals surface area (Å²) in [4.78, 5) is 21.3. The number of allylic oxidation sites excluding steroid dienone is 2. The molecule has 0 rings (SSSR count). The van der Waals surface area contributed by atoms with E-state index in [-0.39, 0.29) is 11.6 Å². The van der Waals surface area contributed by atoms with Crippen molar-refractivity contribution in [1.29, 1.82) is 0 Å². The van der Waals surface area contributed by atoms with Gasteiger partial charge in [0.05, 0.1) is 0 Å². The molecule has 0 fully saturated rings. The van der Waals surface area contributed by atoms with Crippen molar-refractivity contribution in [3.63, 3.8) is 0 Å². The predicted molar refractivity (Wildman–Crippen MR) is 47.5 cm³/mol. The number of hydrogen-bond acceptors (Lipinski definition) is 2. The Bertz CT molecular complexity index is 231. The first kappa shape index (κ1) is 10.6. The Kier molecular flexibility index (Phi) is 5.64. The fourth-order valence-corrected chi connectivity index (χ4v) is 0.658. The number of carbonyl (C=O) groups is 2. The summed E-state index contributed by atoms with van der Waals surface area (Å²) < 4.78 is 0. The van der Waals surface area contributed by atoms with Gasteiger partial charge in [0, 0.05) is 12.8 Å². The zero-order valence-corrected chi connectivity index (χ0v) is 7.17. The van der Waals surface area contributed by atoms with Gasteiger partial charge < -0.3 is 0 Å². The van der Waals surface area contributed by atoms with Crippen LogP contribution in [0.4, 0.5) is 0 Å². The van der Waals surface area contributed by atoms with Gasteiger partial charge in [0.25, 0.3) is 0 Å². The lowest BCUT2D eigenvalue weighted by Crippen LogP contribution is -1.93. The van der Waals surface area contributed by atoms with E-state index in [0.29, 0.717) is 19.3 Å². The third-order valence-corrected chi connectivity index (χ3v) is 1.25. The van der Waals surface area contributed by atoms with Crippen LogP contribution in [0.3, 0.4) is 0 Å². The monoisotopic (exact) mass is 164 g/mol. The van der Waals surface area contributed by atoms with Gasteiger partial charge in [-0.2, -0.15) is 0 Å². The molecule has 0 aromatic heterocycles. The summed E-state index contributed by atoms with van der Waals surface area (Å²) in [6.07, 6.45) is 9.31. The topological polar surface area (TPSA) is 34.1 Å². The van der Waals surface area contributed by atoms with Gasteiger partial charge in [-0.15, -0.1) is 12.3 Å². The van der Waals surface area contributed by atoms with E-state index in [1.807, 2.05) is 0 Å². The van der Waals surface area contributed by atoms with E-state index in [2.05, 4.69) is 5.92 Å². The van der Waals surface area contributed by atoms with Crippen LogP contribution in [0.25, 0.3) is 0 Å². The molecule has 0 unspecified atom stereocenters. The second kappa shape index (κ2) is 6.36. The second-order valence-corrected chi connectivity index (χ2v) is 2.47. The highest BCUT2D eigenvalue weighted by Gasteiger charge is 1.95. The third kappa shape index (κ3) is 6.76. The van der Waals surface area contributed by atoms with E-state index < -0.39 is 0 Å². The molecule has 64 valence electrons. The molecule has 0 bridgehead atoms. The van der Waals surface area contributed by atoms with Crippen molar-refractivity contribution in [2.24, 2.45) is 0 Å². The molecule has 0 aliphatic heterocycles. The van der Waals surface area contributed by atoms with Crippen molar-refractivity contribution < 1.29 is 9.59 Å². The number of unbranched alkanes of at least 4 members (excludes halogenated alkanes) is 1. The van der Waals surface area contributed by atoms with E-state index in [9.17, 15) is 9.59 Å². The summed E-state index contributed by atoms with van der Waals surface area (Å²) in [6, 6.07) is 0. The van der Waals surface area contributed by atoms with E-state index in [4.69, 9.17) is 6.42 Å². The van der Waals surface area contributed by atoms with Gasteiger partial charge in [-0.1, -0.05) is 0 Å². The van der Waals surface area contributed by atoms with Gasteiger partial charge in [0.15, 0.2) is 11.6 Å². The second-order valence-electron chi connectivity index (χ2n) is 2.47. The Hall–Kier alpha value is -1.36. The standard InChI is InChI=1S/C10H12O2/c1-3-4-5-6-10(12)8-7-9(2)11/h1,7-8H,4-6H2,2H3/b8-7+. The van der Waals surface area contributed by atoms with Crippen molar-refractivity contribution in [2.75, 3.05) is 0 Å². The maximum absolute atomic E-state index is 10.9. The fourth-order valence-electron chi connectivity index (χ4n) is 0.658. The van der Waals surface area contributed by atoms with Crippen molar-refractivity contribution in [3.8, 4) is 12.3 Å². The highest BCUT2D eigenvalue weighted by molar-refractivity contribution is 5.97. The molecule has 12 heavy (non-hydrogen) atoms. The summed E-state index contributed by atoms with van der Waals surface area (Å²) >= 11 is 0. The molecule has 0 atom stereocenters. The Labute approximate surface area is 72.7 Å². The molecule has 0 aromatic rings. The maximum atomic E-state index is 10.9. The summed E-state index contributed by atoms with van der Waals surface area (Å²) in [6.45, 7) is 1.41. The van der Waals surface area contributed by atoms with Gasteiger partial charge >= 0.3 is 0 Å². The summed E-state index contributed by atoms with van der Waals surface area (Å²) in [7, 11) is 0. The third-order valence-electron chi connectivity index (χ3n) is 1.25. The van der Waals surface area contributed by atoms with Crippen LogP contribution in [-0.2, 0) is 9.59 Å². The van der Waals surface area contributed by atoms with Crippen molar-refractivity contribution >= 4 is 11.6 Å². The van der Waals surface area contributed by atoms with Crippen LogP contribution < -0.4 is 0 Å². The van der Waals surface area contributed by atoms with E-state index in [1.54, 1.807) is 0 Å². The summed E-state index contributed by atoms with van der Waals surface area (Å²) in [5.74, 6) is 2.29. The van der Waals surface area contributed by atoms with Crippen LogP contribution in [0.1, 0.15) is 26.2 Å². The smallest absolute Gasteiger partial charge is 0.155 e. The predicted octanol–water partition coefficient (Wildman–Crippen LogP) is 1.50. The summed E-state index contributed by atoms with van der Waals surface area (Å²) in [5.41, 5.74) is 0. The van der Waals surface area contributed by atoms with Crippen LogP contribution in [0.15, 0.2) is 12.2 Å². The molecule has 0 N–H and O–H groups in total. The largest absolute Gasteiger partial charge is 0.295 e. The average molecular weight is 164 g/mol. The molecule has 0 aromatic carbocycles. The maximum Gasteiger partial charge on any atom is 0.155 e. The van der Waals surface area contributed by atoms with Gasteiger partial charge in [-0.3, -0.25) is 9.59 Å². The van der Waals surface area contributed by atoms with E-state index >= 15 is 0 Å². The number of rotatable bonds is 5. The normalized spacial score (nSPS) is 9.67. The molecule has 0 aliphatic rings. The first-order valence-corrected chi connectivity index (χ1v) is 3.81. The highest BCUT2D eigenvalue weighted by atomic mass is 16.1. The van der Waals surface area contributed by atoms with E-state index in [0.717, 1.165) is 0 Å². The first-order chi connectivity index (χ1) is 5.66. The minimum atomic E-state index is -0.111. The lowest BCUT2D eigenvalue weighted by Gasteiger charge is -1.89. The number of ketones is 2. The zero-order valence-electron chi connectivity index (χ0n) is 7.17. The molecule has 0 spiro atoms. The van der Waals surface area contributed by atoms with Crippen LogP contribution in [0.5, 0.6) is 0 Å². The molecule has 2 nitrogen and oxygen atoms in total. The molecular formula is C10H12O2. The quantitative estimate of drug-likeness (QED) is 0.350. The number of carbonyl (C=O) groups excluding carboxylic acids is 2. The van der Waals surface area contributed by atoms with Gasteiger partial charge in [0.1, 0.15) is 0 Å². The zero-order chi connectivity index (χ0) is 9.40. The van der Waals surface area contributed by atoms with Crippen LogP contribution in [0, 0.1) is 12.3 Å². The van der Waals surface area contributed by atoms with Gasteiger partial charge in [-0.05, 0) is 25.5 Å². The molecule has 0 amide bonds. The fraction of sp³-hybridized carbons (Fsp3) is 0.400. The number of hydrogen-bond donors (Lipinski definition) is 0. The minimum absolute atomic E-state index is 0.0412. The molecule has 0 aliphatic carbocycles. The molecule has 0 saturated heterocycles. The molecule has 0 heterocycles. The molecular weight excluding hydrogens is 152 g/mol.